The lowest BCUT2D eigenvalue weighted by atomic mass is 10.0. The first-order valence-corrected chi connectivity index (χ1v) is 13.1. The van der Waals surface area contributed by atoms with Crippen LogP contribution in [-0.2, 0) is 15.8 Å². The molecule has 41 heavy (non-hydrogen) atoms. The number of rotatable bonds is 6. The number of nitrogens with zero attached hydrogens (tertiary/aromatic N) is 3. The lowest BCUT2D eigenvalue weighted by Crippen LogP contribution is -2.35. The average Bonchev–Trinajstić information content (AvgIpc) is 3.59. The maximum absolute atomic E-state index is 13.9. The minimum atomic E-state index is -4.60. The second-order valence-corrected chi connectivity index (χ2v) is 10.1. The molecular weight excluding hydrogens is 548 g/mol. The number of piperidine rings is 1. The van der Waals surface area contributed by atoms with Crippen LogP contribution in [-0.4, -0.2) is 57.6 Å². The number of hydrogen-bond acceptors (Lipinski definition) is 7. The van der Waals surface area contributed by atoms with Crippen molar-refractivity contribution in [2.45, 2.75) is 57.4 Å². The second kappa shape index (κ2) is 12.6. The van der Waals surface area contributed by atoms with Gasteiger partial charge in [-0.05, 0) is 74.6 Å². The molecule has 1 aromatic heterocycles. The van der Waals surface area contributed by atoms with Gasteiger partial charge < -0.3 is 25.0 Å². The van der Waals surface area contributed by atoms with Crippen LogP contribution < -0.4 is 10.2 Å². The third kappa shape index (κ3) is 7.74. The largest absolute Gasteiger partial charge is 0.481 e. The van der Waals surface area contributed by atoms with E-state index in [1.54, 1.807) is 17.0 Å². The van der Waals surface area contributed by atoms with Crippen LogP contribution in [0.1, 0.15) is 44.6 Å². The summed E-state index contributed by atoms with van der Waals surface area (Å²) in [4.78, 5) is 26.0. The van der Waals surface area contributed by atoms with Gasteiger partial charge in [0.05, 0.1) is 11.5 Å². The summed E-state index contributed by atoms with van der Waals surface area (Å²) >= 11 is 0. The number of halogens is 4. The number of anilines is 2. The van der Waals surface area contributed by atoms with Gasteiger partial charge >= 0.3 is 12.1 Å². The monoisotopic (exact) mass is 578 g/mol. The van der Waals surface area contributed by atoms with Gasteiger partial charge in [0.1, 0.15) is 6.17 Å². The number of aromatic nitrogens is 2. The Hall–Kier alpha value is -4.16. The molecule has 2 fully saturated rings. The Balaban J connectivity index is 0.000000909. The van der Waals surface area contributed by atoms with Crippen LogP contribution in [0.3, 0.4) is 0 Å². The molecule has 0 unspecified atom stereocenters. The molecule has 5 rings (SSSR count). The van der Waals surface area contributed by atoms with Crippen LogP contribution in [0.5, 0.6) is 0 Å². The second-order valence-electron chi connectivity index (χ2n) is 10.1. The number of nitrogens with one attached hydrogen (secondary N) is 1. The SMILES string of the molecule is CC(=O)O.O=C(O)[C@@H]1CC[C@@H](Nc2ccc(-c3nc(-c4ccc(N5CCC(F)CC5)c(C(F)(F)F)c4)no3)cc2)C1. The molecule has 3 N–H and O–H groups in total. The molecule has 0 radical (unpaired) electrons. The predicted molar refractivity (Wildman–Crippen MR) is 142 cm³/mol. The van der Waals surface area contributed by atoms with Crippen LogP contribution in [0, 0.1) is 5.92 Å². The normalized spacial score (nSPS) is 19.4. The van der Waals surface area contributed by atoms with Gasteiger partial charge in [-0.3, -0.25) is 9.59 Å². The zero-order valence-corrected chi connectivity index (χ0v) is 22.2. The van der Waals surface area contributed by atoms with Crippen molar-refractivity contribution in [3.63, 3.8) is 0 Å². The molecule has 2 heterocycles. The molecule has 1 saturated carbocycles. The van der Waals surface area contributed by atoms with Gasteiger partial charge in [-0.1, -0.05) is 5.16 Å². The first-order valence-electron chi connectivity index (χ1n) is 13.1. The fourth-order valence-corrected chi connectivity index (χ4v) is 5.01. The lowest BCUT2D eigenvalue weighted by Gasteiger charge is -2.32. The predicted octanol–water partition coefficient (Wildman–Crippen LogP) is 6.12. The van der Waals surface area contributed by atoms with E-state index in [-0.39, 0.29) is 60.9 Å². The van der Waals surface area contributed by atoms with E-state index >= 15 is 0 Å². The van der Waals surface area contributed by atoms with E-state index in [0.29, 0.717) is 18.4 Å². The van der Waals surface area contributed by atoms with Gasteiger partial charge in [-0.2, -0.15) is 18.2 Å². The van der Waals surface area contributed by atoms with Crippen LogP contribution in [0.25, 0.3) is 22.8 Å². The molecule has 0 bridgehead atoms. The van der Waals surface area contributed by atoms with E-state index in [2.05, 4.69) is 15.5 Å². The number of carbonyl (C=O) groups is 2. The molecule has 13 heteroatoms. The van der Waals surface area contributed by atoms with Crippen molar-refractivity contribution in [3.05, 3.63) is 48.0 Å². The number of alkyl halides is 4. The zero-order valence-electron chi connectivity index (χ0n) is 22.2. The van der Waals surface area contributed by atoms with Gasteiger partial charge in [-0.25, -0.2) is 4.39 Å². The van der Waals surface area contributed by atoms with E-state index in [1.165, 1.54) is 12.1 Å². The Morgan fingerprint density at radius 3 is 2.22 bits per heavy atom. The molecule has 220 valence electrons. The summed E-state index contributed by atoms with van der Waals surface area (Å²) < 4.78 is 60.5. The summed E-state index contributed by atoms with van der Waals surface area (Å²) in [7, 11) is 0. The quantitative estimate of drug-likeness (QED) is 0.297. The number of aliphatic carboxylic acids is 2. The highest BCUT2D eigenvalue weighted by Gasteiger charge is 2.36. The third-order valence-electron chi connectivity index (χ3n) is 7.04. The maximum Gasteiger partial charge on any atom is 0.418 e. The minimum absolute atomic E-state index is 0.0203. The van der Waals surface area contributed by atoms with Crippen LogP contribution in [0.2, 0.25) is 0 Å². The van der Waals surface area contributed by atoms with Crippen molar-refractivity contribution in [1.29, 1.82) is 0 Å². The summed E-state index contributed by atoms with van der Waals surface area (Å²) in [5.74, 6) is -1.74. The van der Waals surface area contributed by atoms with Gasteiger partial charge in [0.2, 0.25) is 5.82 Å². The smallest absolute Gasteiger partial charge is 0.418 e. The Bertz CT molecular complexity index is 1350. The standard InChI is InChI=1S/C26H26F4N4O3.C2H4O2/c27-18-9-11-34(12-10-18)22-8-4-16(14-21(22)26(28,29)30)23-32-24(37-33-23)15-1-5-19(6-2-15)31-20-7-3-17(13-20)25(35)36;1-2(3)4/h1-2,4-6,8,14,17-18,20,31H,3,7,9-13H2,(H,35,36);1H3,(H,3,4)/t17-,20-;/m1./s1. The molecule has 1 aliphatic carbocycles. The fourth-order valence-electron chi connectivity index (χ4n) is 5.01. The molecule has 1 aliphatic heterocycles. The number of carboxylic acid groups (broad SMARTS) is 2. The summed E-state index contributed by atoms with van der Waals surface area (Å²) in [6, 6.07) is 11.1. The highest BCUT2D eigenvalue weighted by molar-refractivity contribution is 5.71. The van der Waals surface area contributed by atoms with Crippen molar-refractivity contribution in [2.75, 3.05) is 23.3 Å². The molecule has 0 spiro atoms. The summed E-state index contributed by atoms with van der Waals surface area (Å²) in [5.41, 5.74) is 0.787. The summed E-state index contributed by atoms with van der Waals surface area (Å²) in [6.45, 7) is 1.53. The van der Waals surface area contributed by atoms with Crippen molar-refractivity contribution in [1.82, 2.24) is 10.1 Å². The van der Waals surface area contributed by atoms with E-state index in [1.807, 2.05) is 12.1 Å². The van der Waals surface area contributed by atoms with E-state index < -0.39 is 29.9 Å². The molecule has 1 saturated heterocycles. The highest BCUT2D eigenvalue weighted by Crippen LogP contribution is 2.40. The van der Waals surface area contributed by atoms with Crippen LogP contribution in [0.4, 0.5) is 28.9 Å². The first-order chi connectivity index (χ1) is 19.4. The lowest BCUT2D eigenvalue weighted by molar-refractivity contribution is -0.141. The summed E-state index contributed by atoms with van der Waals surface area (Å²) in [5, 5.41) is 23.8. The molecular formula is C28H30F4N4O5. The molecule has 2 atom stereocenters. The first kappa shape index (κ1) is 29.8. The third-order valence-corrected chi connectivity index (χ3v) is 7.04. The number of benzene rings is 2. The van der Waals surface area contributed by atoms with Crippen molar-refractivity contribution in [3.8, 4) is 22.8 Å². The zero-order chi connectivity index (χ0) is 29.7. The van der Waals surface area contributed by atoms with E-state index in [4.69, 9.17) is 19.5 Å². The van der Waals surface area contributed by atoms with Crippen molar-refractivity contribution < 1.29 is 41.9 Å². The highest BCUT2D eigenvalue weighted by atomic mass is 19.4. The van der Waals surface area contributed by atoms with Gasteiger partial charge in [0.25, 0.3) is 11.9 Å². The Morgan fingerprint density at radius 2 is 1.63 bits per heavy atom. The van der Waals surface area contributed by atoms with Gasteiger partial charge in [0, 0.05) is 48.6 Å². The molecule has 0 amide bonds. The maximum atomic E-state index is 13.9. The Kier molecular flexibility index (Phi) is 9.14. The average molecular weight is 579 g/mol. The van der Waals surface area contributed by atoms with E-state index in [0.717, 1.165) is 25.1 Å². The number of carboxylic acids is 2. The minimum Gasteiger partial charge on any atom is -0.481 e. The fraction of sp³-hybridized carbons (Fsp3) is 0.429. The molecule has 9 nitrogen and oxygen atoms in total. The van der Waals surface area contributed by atoms with Crippen molar-refractivity contribution >= 4 is 23.3 Å². The Morgan fingerprint density at radius 1 is 1.00 bits per heavy atom. The Labute approximate surface area is 233 Å². The van der Waals surface area contributed by atoms with E-state index in [9.17, 15) is 22.4 Å². The van der Waals surface area contributed by atoms with Crippen molar-refractivity contribution in [2.24, 2.45) is 5.92 Å². The molecule has 2 aliphatic rings. The topological polar surface area (TPSA) is 129 Å². The van der Waals surface area contributed by atoms with Crippen LogP contribution >= 0.6 is 0 Å². The van der Waals surface area contributed by atoms with Crippen LogP contribution in [0.15, 0.2) is 47.0 Å². The van der Waals surface area contributed by atoms with Gasteiger partial charge in [-0.15, -0.1) is 0 Å². The molecule has 2 aromatic carbocycles. The molecule has 3 aromatic rings. The number of hydrogen-bond donors (Lipinski definition) is 3. The summed E-state index contributed by atoms with van der Waals surface area (Å²) in [6.07, 6.45) is -3.20. The van der Waals surface area contributed by atoms with Gasteiger partial charge in [0.15, 0.2) is 0 Å².